The van der Waals surface area contributed by atoms with Gasteiger partial charge in [-0.05, 0) is 33.8 Å². The van der Waals surface area contributed by atoms with Gasteiger partial charge in [0.15, 0.2) is 5.75 Å². The Balaban J connectivity index is 2.40. The minimum absolute atomic E-state index is 0.409. The zero-order valence-electron chi connectivity index (χ0n) is 11.7. The van der Waals surface area contributed by atoms with Gasteiger partial charge in [-0.3, -0.25) is 0 Å². The molecule has 1 saturated heterocycles. The lowest BCUT2D eigenvalue weighted by Gasteiger charge is -2.32. The van der Waals surface area contributed by atoms with Crippen molar-refractivity contribution in [2.45, 2.75) is 38.9 Å². The molecule has 1 heterocycles. The van der Waals surface area contributed by atoms with Crippen molar-refractivity contribution in [2.24, 2.45) is 0 Å². The first-order chi connectivity index (χ1) is 8.69. The van der Waals surface area contributed by atoms with Crippen LogP contribution in [-0.2, 0) is 9.31 Å². The topological polar surface area (TPSA) is 27.7 Å². The number of halogens is 2. The minimum Gasteiger partial charge on any atom is -0.494 e. The summed E-state index contributed by atoms with van der Waals surface area (Å²) in [5.41, 5.74) is -0.0941. The van der Waals surface area contributed by atoms with Crippen LogP contribution in [0.3, 0.4) is 0 Å². The minimum atomic E-state index is -0.524. The maximum absolute atomic E-state index is 6.31. The first-order valence-electron chi connectivity index (χ1n) is 6.07. The molecule has 0 radical (unpaired) electrons. The summed E-state index contributed by atoms with van der Waals surface area (Å²) in [5, 5.41) is 0.890. The summed E-state index contributed by atoms with van der Waals surface area (Å²) in [7, 11) is 1.00. The lowest BCUT2D eigenvalue weighted by atomic mass is 9.79. The van der Waals surface area contributed by atoms with Crippen LogP contribution in [0.2, 0.25) is 10.0 Å². The van der Waals surface area contributed by atoms with Gasteiger partial charge in [0.25, 0.3) is 0 Å². The quantitative estimate of drug-likeness (QED) is 0.785. The Hall–Kier alpha value is -0.415. The summed E-state index contributed by atoms with van der Waals surface area (Å²) >= 11 is 12.3. The molecule has 3 nitrogen and oxygen atoms in total. The van der Waals surface area contributed by atoms with Crippen molar-refractivity contribution in [3.05, 3.63) is 22.2 Å². The van der Waals surface area contributed by atoms with E-state index >= 15 is 0 Å². The maximum Gasteiger partial charge on any atom is 0.496 e. The van der Waals surface area contributed by atoms with Gasteiger partial charge in [0.1, 0.15) is 0 Å². The van der Waals surface area contributed by atoms with Crippen LogP contribution >= 0.6 is 23.2 Å². The van der Waals surface area contributed by atoms with Gasteiger partial charge in [-0.25, -0.2) is 0 Å². The molecule has 0 unspecified atom stereocenters. The summed E-state index contributed by atoms with van der Waals surface area (Å²) in [5.74, 6) is 0.440. The molecule has 19 heavy (non-hydrogen) atoms. The highest BCUT2D eigenvalue weighted by Crippen LogP contribution is 2.38. The van der Waals surface area contributed by atoms with E-state index in [0.717, 1.165) is 5.46 Å². The number of benzene rings is 1. The van der Waals surface area contributed by atoms with Crippen LogP contribution in [-0.4, -0.2) is 25.4 Å². The highest BCUT2D eigenvalue weighted by atomic mass is 35.5. The first-order valence-corrected chi connectivity index (χ1v) is 6.83. The van der Waals surface area contributed by atoms with E-state index in [1.165, 1.54) is 7.11 Å². The molecule has 0 bridgehead atoms. The monoisotopic (exact) mass is 302 g/mol. The van der Waals surface area contributed by atoms with Crippen LogP contribution < -0.4 is 10.2 Å². The number of rotatable bonds is 2. The Morgan fingerprint density at radius 2 is 1.58 bits per heavy atom. The van der Waals surface area contributed by atoms with Crippen molar-refractivity contribution >= 4 is 35.8 Å². The van der Waals surface area contributed by atoms with Gasteiger partial charge in [0.2, 0.25) is 0 Å². The third-order valence-corrected chi connectivity index (χ3v) is 4.48. The Labute approximate surface area is 124 Å². The lowest BCUT2D eigenvalue weighted by Crippen LogP contribution is -2.41. The lowest BCUT2D eigenvalue weighted by molar-refractivity contribution is 0.00578. The third kappa shape index (κ3) is 2.47. The molecule has 0 aliphatic carbocycles. The second-order valence-electron chi connectivity index (χ2n) is 5.57. The van der Waals surface area contributed by atoms with E-state index in [-0.39, 0.29) is 0 Å². The highest BCUT2D eigenvalue weighted by molar-refractivity contribution is 6.66. The zero-order valence-corrected chi connectivity index (χ0v) is 13.2. The summed E-state index contributed by atoms with van der Waals surface area (Å²) in [4.78, 5) is 0. The van der Waals surface area contributed by atoms with Gasteiger partial charge in [0, 0.05) is 5.46 Å². The van der Waals surface area contributed by atoms with E-state index in [4.69, 9.17) is 37.2 Å². The third-order valence-electron chi connectivity index (χ3n) is 3.79. The Morgan fingerprint density at radius 1 is 1.05 bits per heavy atom. The summed E-state index contributed by atoms with van der Waals surface area (Å²) in [6, 6.07) is 3.53. The van der Waals surface area contributed by atoms with Crippen molar-refractivity contribution in [3.63, 3.8) is 0 Å². The van der Waals surface area contributed by atoms with Gasteiger partial charge in [0.05, 0.1) is 28.4 Å². The number of hydrogen-bond donors (Lipinski definition) is 0. The predicted molar refractivity (Wildman–Crippen MR) is 78.7 cm³/mol. The van der Waals surface area contributed by atoms with Gasteiger partial charge in [-0.15, -0.1) is 0 Å². The van der Waals surface area contributed by atoms with Crippen LogP contribution in [0.1, 0.15) is 27.7 Å². The van der Waals surface area contributed by atoms with Crippen LogP contribution in [0.25, 0.3) is 0 Å². The second-order valence-corrected chi connectivity index (χ2v) is 6.36. The molecule has 1 fully saturated rings. The number of ether oxygens (including phenoxy) is 1. The predicted octanol–water partition coefficient (Wildman–Crippen LogP) is 3.30. The second kappa shape index (κ2) is 4.85. The molecule has 6 heteroatoms. The van der Waals surface area contributed by atoms with Crippen molar-refractivity contribution in [2.75, 3.05) is 7.11 Å². The van der Waals surface area contributed by atoms with Crippen molar-refractivity contribution in [1.29, 1.82) is 0 Å². The van der Waals surface area contributed by atoms with Gasteiger partial charge >= 0.3 is 7.12 Å². The van der Waals surface area contributed by atoms with Crippen LogP contribution in [0.4, 0.5) is 0 Å². The molecule has 0 aromatic heterocycles. The van der Waals surface area contributed by atoms with Crippen molar-refractivity contribution < 1.29 is 14.0 Å². The first kappa shape index (κ1) is 15.0. The zero-order chi connectivity index (χ0) is 14.4. The summed E-state index contributed by atoms with van der Waals surface area (Å²) < 4.78 is 17.1. The van der Waals surface area contributed by atoms with Crippen LogP contribution in [0.5, 0.6) is 5.75 Å². The molecular formula is C13H17BCl2O3. The molecule has 1 aliphatic heterocycles. The summed E-state index contributed by atoms with van der Waals surface area (Å²) in [6.07, 6.45) is 0. The largest absolute Gasteiger partial charge is 0.496 e. The fourth-order valence-electron chi connectivity index (χ4n) is 1.89. The normalized spacial score (nSPS) is 20.7. The van der Waals surface area contributed by atoms with Crippen LogP contribution in [0.15, 0.2) is 12.1 Å². The average molecular weight is 303 g/mol. The van der Waals surface area contributed by atoms with E-state index in [2.05, 4.69) is 0 Å². The molecule has 1 aromatic rings. The maximum atomic E-state index is 6.31. The average Bonchev–Trinajstić information content (AvgIpc) is 2.48. The van der Waals surface area contributed by atoms with Crippen molar-refractivity contribution in [3.8, 4) is 5.75 Å². The SMILES string of the molecule is COc1c(Cl)ccc(B2OC(C)(C)C(C)(C)O2)c1Cl. The molecule has 0 saturated carbocycles. The fourth-order valence-corrected chi connectivity index (χ4v) is 2.50. The number of methoxy groups -OCH3 is 1. The standard InChI is InChI=1S/C13H17BCl2O3/c1-12(2)13(3,4)19-14(18-12)8-6-7-9(15)11(17-5)10(8)16/h6-7H,1-5H3. The van der Waals surface area contributed by atoms with Gasteiger partial charge in [-0.1, -0.05) is 29.3 Å². The molecule has 0 N–H and O–H groups in total. The molecule has 1 aromatic carbocycles. The van der Waals surface area contributed by atoms with Gasteiger partial charge in [-0.2, -0.15) is 0 Å². The molecule has 1 aliphatic rings. The molecule has 0 atom stereocenters. The fraction of sp³-hybridized carbons (Fsp3) is 0.538. The van der Waals surface area contributed by atoms with E-state index in [1.54, 1.807) is 12.1 Å². The van der Waals surface area contributed by atoms with Gasteiger partial charge < -0.3 is 14.0 Å². The molecule has 2 rings (SSSR count). The Kier molecular flexibility index (Phi) is 3.82. The molecule has 0 spiro atoms. The molecule has 0 amide bonds. The molecule has 104 valence electrons. The summed E-state index contributed by atoms with van der Waals surface area (Å²) in [6.45, 7) is 7.98. The van der Waals surface area contributed by atoms with E-state index in [1.807, 2.05) is 27.7 Å². The van der Waals surface area contributed by atoms with E-state index in [0.29, 0.717) is 15.8 Å². The number of hydrogen-bond acceptors (Lipinski definition) is 3. The molecular weight excluding hydrogens is 286 g/mol. The Morgan fingerprint density at radius 3 is 2.05 bits per heavy atom. The van der Waals surface area contributed by atoms with Crippen molar-refractivity contribution in [1.82, 2.24) is 0 Å². The highest BCUT2D eigenvalue weighted by Gasteiger charge is 2.52. The Bertz CT molecular complexity index is 487. The van der Waals surface area contributed by atoms with E-state index in [9.17, 15) is 0 Å². The van der Waals surface area contributed by atoms with Crippen LogP contribution in [0, 0.1) is 0 Å². The smallest absolute Gasteiger partial charge is 0.494 e. The van der Waals surface area contributed by atoms with E-state index < -0.39 is 18.3 Å².